The van der Waals surface area contributed by atoms with E-state index in [0.29, 0.717) is 34.5 Å². The van der Waals surface area contributed by atoms with Gasteiger partial charge >= 0.3 is 11.9 Å². The lowest BCUT2D eigenvalue weighted by molar-refractivity contribution is -0.134. The van der Waals surface area contributed by atoms with Crippen molar-refractivity contribution in [2.24, 2.45) is 0 Å². The van der Waals surface area contributed by atoms with E-state index in [4.69, 9.17) is 10.2 Å². The molecule has 4 heterocycles. The summed E-state index contributed by atoms with van der Waals surface area (Å²) in [6.07, 6.45) is 9.01. The van der Waals surface area contributed by atoms with E-state index in [1.807, 2.05) is 0 Å². The molecule has 4 aromatic heterocycles. The molecule has 0 fully saturated rings. The van der Waals surface area contributed by atoms with E-state index in [1.54, 1.807) is 7.05 Å². The first-order chi connectivity index (χ1) is 27.0. The molecule has 0 aliphatic carbocycles. The highest BCUT2D eigenvalue weighted by Gasteiger charge is 2.26. The Bertz CT molecular complexity index is 2600. The molecule has 6 rings (SSSR count). The number of carboxylic acids is 2. The molecular formula is C37H29F4N5O9S2. The number of hydrogen-bond donors (Lipinski definition) is 3. The highest BCUT2D eigenvalue weighted by molar-refractivity contribution is 7.90. The first-order valence-electron chi connectivity index (χ1n) is 15.9. The summed E-state index contributed by atoms with van der Waals surface area (Å²) < 4.78 is 109. The summed E-state index contributed by atoms with van der Waals surface area (Å²) >= 11 is 0. The van der Waals surface area contributed by atoms with Gasteiger partial charge in [-0.05, 0) is 73.3 Å². The zero-order valence-corrected chi connectivity index (χ0v) is 30.8. The van der Waals surface area contributed by atoms with E-state index in [2.05, 4.69) is 15.3 Å². The van der Waals surface area contributed by atoms with E-state index >= 15 is 0 Å². The van der Waals surface area contributed by atoms with Crippen molar-refractivity contribution in [2.45, 2.75) is 16.3 Å². The number of aldehydes is 1. The van der Waals surface area contributed by atoms with Crippen LogP contribution in [0, 0.1) is 23.3 Å². The number of aromatic nitrogens is 4. The normalized spacial score (nSPS) is 11.2. The van der Waals surface area contributed by atoms with E-state index in [0.717, 1.165) is 52.8 Å². The Balaban J connectivity index is 0.000000213. The lowest BCUT2D eigenvalue weighted by Crippen LogP contribution is -2.14. The minimum absolute atomic E-state index is 0.0277. The molecule has 0 saturated carbocycles. The molecular weight excluding hydrogens is 799 g/mol. The van der Waals surface area contributed by atoms with Crippen molar-refractivity contribution in [3.8, 4) is 22.5 Å². The molecule has 6 aromatic rings. The summed E-state index contributed by atoms with van der Waals surface area (Å²) in [5, 5.41) is 18.5. The van der Waals surface area contributed by atoms with Crippen molar-refractivity contribution in [1.29, 1.82) is 0 Å². The molecule has 0 unspecified atom stereocenters. The van der Waals surface area contributed by atoms with Crippen molar-refractivity contribution < 1.29 is 59.0 Å². The minimum Gasteiger partial charge on any atom is -0.478 e. The van der Waals surface area contributed by atoms with E-state index in [-0.39, 0.29) is 26.7 Å². The summed E-state index contributed by atoms with van der Waals surface area (Å²) in [5.74, 6) is -6.06. The highest BCUT2D eigenvalue weighted by Crippen LogP contribution is 2.32. The van der Waals surface area contributed by atoms with Gasteiger partial charge in [-0.15, -0.1) is 0 Å². The van der Waals surface area contributed by atoms with Crippen LogP contribution in [0.25, 0.3) is 22.5 Å². The molecule has 0 atom stereocenters. The Morgan fingerprint density at radius 1 is 0.684 bits per heavy atom. The summed E-state index contributed by atoms with van der Waals surface area (Å²) in [5.41, 5.74) is -0.732. The molecule has 296 valence electrons. The van der Waals surface area contributed by atoms with Crippen LogP contribution in [0.3, 0.4) is 0 Å². The molecule has 0 bridgehead atoms. The van der Waals surface area contributed by atoms with Crippen molar-refractivity contribution in [3.05, 3.63) is 157 Å². The number of pyridine rings is 2. The molecule has 0 aliphatic heterocycles. The number of aliphatic carboxylic acids is 2. The van der Waals surface area contributed by atoms with Gasteiger partial charge in [-0.1, -0.05) is 12.1 Å². The molecule has 0 spiro atoms. The average molecular weight is 828 g/mol. The number of rotatable bonds is 11. The van der Waals surface area contributed by atoms with Crippen LogP contribution in [0.1, 0.15) is 15.9 Å². The Morgan fingerprint density at radius 2 is 1.11 bits per heavy atom. The lowest BCUT2D eigenvalue weighted by Gasteiger charge is -2.11. The van der Waals surface area contributed by atoms with Crippen LogP contribution < -0.4 is 5.32 Å². The number of carboxylic acid groups (broad SMARTS) is 2. The Kier molecular flexibility index (Phi) is 14.1. The SMILES string of the molecule is CNCc1cc(-c2c(F)cccc2F)n(S(=O)(=O)c2cccnc2)c1.O=C(O)/C=C/C(=O)O.O=Cc1cc(-c2c(F)cccc2F)n(S(=O)(=O)c2cccnc2)c1. The van der Waals surface area contributed by atoms with Crippen LogP contribution in [0.5, 0.6) is 0 Å². The van der Waals surface area contributed by atoms with E-state index in [1.165, 1.54) is 61.2 Å². The Hall–Kier alpha value is -6.77. The fraction of sp³-hybridized carbons (Fsp3) is 0.0541. The molecule has 0 saturated heterocycles. The summed E-state index contributed by atoms with van der Waals surface area (Å²) in [6, 6.07) is 14.7. The molecule has 2 aromatic carbocycles. The first-order valence-corrected chi connectivity index (χ1v) is 18.8. The van der Waals surface area contributed by atoms with Crippen LogP contribution in [-0.4, -0.2) is 70.2 Å². The van der Waals surface area contributed by atoms with Crippen molar-refractivity contribution in [1.82, 2.24) is 23.2 Å². The van der Waals surface area contributed by atoms with Gasteiger partial charge in [0.15, 0.2) is 6.29 Å². The fourth-order valence-corrected chi connectivity index (χ4v) is 7.63. The number of carbonyl (C=O) groups is 3. The summed E-state index contributed by atoms with van der Waals surface area (Å²) in [6.45, 7) is 0.346. The van der Waals surface area contributed by atoms with Crippen molar-refractivity contribution in [2.75, 3.05) is 7.05 Å². The van der Waals surface area contributed by atoms with Crippen molar-refractivity contribution in [3.63, 3.8) is 0 Å². The second-order valence-electron chi connectivity index (χ2n) is 11.2. The van der Waals surface area contributed by atoms with Crippen LogP contribution in [0.4, 0.5) is 17.6 Å². The maximum Gasteiger partial charge on any atom is 0.328 e. The Labute approximate surface area is 322 Å². The van der Waals surface area contributed by atoms with Gasteiger partial charge in [-0.3, -0.25) is 14.8 Å². The number of nitrogens with zero attached hydrogens (tertiary/aromatic N) is 4. The van der Waals surface area contributed by atoms with Gasteiger partial charge < -0.3 is 15.5 Å². The largest absolute Gasteiger partial charge is 0.478 e. The predicted octanol–water partition coefficient (Wildman–Crippen LogP) is 5.37. The van der Waals surface area contributed by atoms with Gasteiger partial charge in [-0.2, -0.15) is 0 Å². The van der Waals surface area contributed by atoms with Gasteiger partial charge in [-0.25, -0.2) is 51.9 Å². The smallest absolute Gasteiger partial charge is 0.328 e. The topological polar surface area (TPSA) is 208 Å². The second kappa shape index (κ2) is 18.7. The van der Waals surface area contributed by atoms with Crippen LogP contribution in [0.15, 0.2) is 132 Å². The number of halogens is 4. The highest BCUT2D eigenvalue weighted by atomic mass is 32.2. The third-order valence-corrected chi connectivity index (χ3v) is 10.7. The zero-order valence-electron chi connectivity index (χ0n) is 29.2. The van der Waals surface area contributed by atoms with Crippen LogP contribution in [-0.2, 0) is 36.2 Å². The molecule has 14 nitrogen and oxygen atoms in total. The van der Waals surface area contributed by atoms with Crippen molar-refractivity contribution >= 4 is 38.3 Å². The zero-order chi connectivity index (χ0) is 41.9. The first kappa shape index (κ1) is 43.0. The second-order valence-corrected chi connectivity index (χ2v) is 14.9. The quantitative estimate of drug-likeness (QED) is 0.0856. The van der Waals surface area contributed by atoms with Gasteiger partial charge in [0.25, 0.3) is 20.0 Å². The Morgan fingerprint density at radius 3 is 1.47 bits per heavy atom. The summed E-state index contributed by atoms with van der Waals surface area (Å²) in [4.78, 5) is 37.4. The number of benzene rings is 2. The lowest BCUT2D eigenvalue weighted by atomic mass is 10.1. The predicted molar refractivity (Wildman–Crippen MR) is 196 cm³/mol. The molecule has 0 amide bonds. The van der Waals surface area contributed by atoms with Crippen LogP contribution >= 0.6 is 0 Å². The maximum absolute atomic E-state index is 14.2. The fourth-order valence-electron chi connectivity index (χ4n) is 4.94. The maximum atomic E-state index is 14.2. The third kappa shape index (κ3) is 10.3. The molecule has 20 heteroatoms. The van der Waals surface area contributed by atoms with Gasteiger partial charge in [0.05, 0.1) is 22.5 Å². The minimum atomic E-state index is -4.18. The number of nitrogens with one attached hydrogen (secondary N) is 1. The van der Waals surface area contributed by atoms with Gasteiger partial charge in [0.2, 0.25) is 0 Å². The monoisotopic (exact) mass is 827 g/mol. The standard InChI is InChI=1S/C17H15F2N3O2S.C16H10F2N2O3S.C4H4O4/c1-20-9-12-8-16(17-14(18)5-2-6-15(17)19)22(11-12)25(23,24)13-4-3-7-21-10-13;17-13-4-1-5-14(18)16(13)15-7-11(10-21)9-20(15)24(22,23)12-3-2-6-19-8-12;5-3(6)1-2-4(7)8/h2-8,10-11,20H,9H2,1H3;1-10H;1-2H,(H,5,6)(H,7,8)/b;;2-1+. The van der Waals surface area contributed by atoms with E-state index < -0.39 is 66.4 Å². The molecule has 0 aliphatic rings. The summed E-state index contributed by atoms with van der Waals surface area (Å²) in [7, 11) is -6.54. The number of carbonyl (C=O) groups excluding carboxylic acids is 1. The van der Waals surface area contributed by atoms with Gasteiger partial charge in [0.1, 0.15) is 33.1 Å². The van der Waals surface area contributed by atoms with Gasteiger partial charge in [0, 0.05) is 61.4 Å². The molecule has 0 radical (unpaired) electrons. The number of hydrogen-bond acceptors (Lipinski definition) is 10. The molecule has 57 heavy (non-hydrogen) atoms. The average Bonchev–Trinajstić information content (AvgIpc) is 3.81. The third-order valence-electron chi connectivity index (χ3n) is 7.36. The molecule has 3 N–H and O–H groups in total. The van der Waals surface area contributed by atoms with Crippen LogP contribution in [0.2, 0.25) is 0 Å². The van der Waals surface area contributed by atoms with E-state index in [9.17, 15) is 48.8 Å².